The number of aryl methyl sites for hydroxylation is 1. The molecule has 0 aromatic heterocycles. The van der Waals surface area contributed by atoms with Gasteiger partial charge in [-0.25, -0.2) is 0 Å². The van der Waals surface area contributed by atoms with Gasteiger partial charge < -0.3 is 14.7 Å². The molecule has 6 heteroatoms. The van der Waals surface area contributed by atoms with Crippen LogP contribution < -0.4 is 4.74 Å². The molecule has 0 spiro atoms. The SMILES string of the molecule is Cc1cc(C(=O)N2CCC(O)C2)ccc1OC(c1ccc(Cl)cc1)c1ccccc1Cl. The van der Waals surface area contributed by atoms with Gasteiger partial charge in [0, 0.05) is 34.3 Å². The van der Waals surface area contributed by atoms with Gasteiger partial charge in [-0.2, -0.15) is 0 Å². The Balaban J connectivity index is 1.63. The summed E-state index contributed by atoms with van der Waals surface area (Å²) in [7, 11) is 0. The Morgan fingerprint density at radius 3 is 2.48 bits per heavy atom. The predicted octanol–water partition coefficient (Wildman–Crippen LogP) is 5.68. The van der Waals surface area contributed by atoms with Crippen molar-refractivity contribution in [3.05, 3.63) is 99.0 Å². The van der Waals surface area contributed by atoms with Gasteiger partial charge in [0.1, 0.15) is 5.75 Å². The van der Waals surface area contributed by atoms with Gasteiger partial charge in [-0.05, 0) is 60.9 Å². The van der Waals surface area contributed by atoms with E-state index >= 15 is 0 Å². The lowest BCUT2D eigenvalue weighted by molar-refractivity contribution is 0.0765. The first-order valence-corrected chi connectivity index (χ1v) is 10.9. The molecule has 3 aromatic carbocycles. The van der Waals surface area contributed by atoms with Crippen LogP contribution in [0.1, 0.15) is 39.6 Å². The van der Waals surface area contributed by atoms with Crippen LogP contribution >= 0.6 is 23.2 Å². The molecule has 1 amide bonds. The van der Waals surface area contributed by atoms with Crippen molar-refractivity contribution < 1.29 is 14.6 Å². The lowest BCUT2D eigenvalue weighted by Gasteiger charge is -2.23. The number of aliphatic hydroxyl groups excluding tert-OH is 1. The topological polar surface area (TPSA) is 49.8 Å². The molecular weight excluding hydrogens is 433 g/mol. The second kappa shape index (κ2) is 9.31. The number of carbonyl (C=O) groups is 1. The molecule has 1 fully saturated rings. The maximum Gasteiger partial charge on any atom is 0.253 e. The van der Waals surface area contributed by atoms with E-state index in [0.717, 1.165) is 16.7 Å². The third kappa shape index (κ3) is 4.87. The number of halogens is 2. The van der Waals surface area contributed by atoms with E-state index in [1.54, 1.807) is 11.0 Å². The van der Waals surface area contributed by atoms with E-state index in [4.69, 9.17) is 27.9 Å². The van der Waals surface area contributed by atoms with Gasteiger partial charge in [-0.1, -0.05) is 53.5 Å². The summed E-state index contributed by atoms with van der Waals surface area (Å²) in [4.78, 5) is 14.4. The largest absolute Gasteiger partial charge is 0.481 e. The van der Waals surface area contributed by atoms with Crippen LogP contribution in [-0.4, -0.2) is 35.1 Å². The molecule has 1 aliphatic heterocycles. The Kier molecular flexibility index (Phi) is 6.51. The minimum atomic E-state index is -0.441. The van der Waals surface area contributed by atoms with Crippen LogP contribution in [0.15, 0.2) is 66.7 Å². The van der Waals surface area contributed by atoms with E-state index in [1.807, 2.05) is 67.6 Å². The summed E-state index contributed by atoms with van der Waals surface area (Å²) in [5.41, 5.74) is 3.19. The average Bonchev–Trinajstić information content (AvgIpc) is 3.20. The van der Waals surface area contributed by atoms with Crippen molar-refractivity contribution in [3.8, 4) is 5.75 Å². The summed E-state index contributed by atoms with van der Waals surface area (Å²) in [6.07, 6.45) is -0.254. The zero-order chi connectivity index (χ0) is 22.0. The number of hydrogen-bond acceptors (Lipinski definition) is 3. The molecule has 1 saturated heterocycles. The van der Waals surface area contributed by atoms with Crippen LogP contribution in [-0.2, 0) is 0 Å². The van der Waals surface area contributed by atoms with Crippen LogP contribution in [0.5, 0.6) is 5.75 Å². The van der Waals surface area contributed by atoms with Gasteiger partial charge in [0.2, 0.25) is 0 Å². The number of likely N-dealkylation sites (tertiary alicyclic amines) is 1. The minimum absolute atomic E-state index is 0.0773. The van der Waals surface area contributed by atoms with E-state index in [9.17, 15) is 9.90 Å². The van der Waals surface area contributed by atoms with Crippen LogP contribution in [0, 0.1) is 6.92 Å². The van der Waals surface area contributed by atoms with Gasteiger partial charge in [-0.15, -0.1) is 0 Å². The number of aliphatic hydroxyl groups is 1. The summed E-state index contributed by atoms with van der Waals surface area (Å²) >= 11 is 12.6. The molecule has 0 saturated carbocycles. The summed E-state index contributed by atoms with van der Waals surface area (Å²) < 4.78 is 6.42. The molecule has 0 radical (unpaired) electrons. The number of carbonyl (C=O) groups excluding carboxylic acids is 1. The molecule has 1 aliphatic rings. The molecule has 0 bridgehead atoms. The Morgan fingerprint density at radius 1 is 1.10 bits per heavy atom. The molecule has 4 rings (SSSR count). The molecule has 1 heterocycles. The first-order valence-electron chi connectivity index (χ1n) is 10.2. The fourth-order valence-corrected chi connectivity index (χ4v) is 4.15. The van der Waals surface area contributed by atoms with Crippen molar-refractivity contribution in [3.63, 3.8) is 0 Å². The number of hydrogen-bond donors (Lipinski definition) is 1. The monoisotopic (exact) mass is 455 g/mol. The van der Waals surface area contributed by atoms with Crippen molar-refractivity contribution in [2.75, 3.05) is 13.1 Å². The number of nitrogens with zero attached hydrogens (tertiary/aromatic N) is 1. The smallest absolute Gasteiger partial charge is 0.253 e. The first-order chi connectivity index (χ1) is 14.9. The highest BCUT2D eigenvalue weighted by atomic mass is 35.5. The van der Waals surface area contributed by atoms with Crippen molar-refractivity contribution in [2.45, 2.75) is 25.6 Å². The third-order valence-corrected chi connectivity index (χ3v) is 6.07. The fourth-order valence-electron chi connectivity index (χ4n) is 3.79. The maximum atomic E-state index is 12.7. The average molecular weight is 456 g/mol. The van der Waals surface area contributed by atoms with Crippen molar-refractivity contribution in [1.29, 1.82) is 0 Å². The van der Waals surface area contributed by atoms with Crippen molar-refractivity contribution >= 4 is 29.1 Å². The highest BCUT2D eigenvalue weighted by Gasteiger charge is 2.26. The number of β-amino-alcohol motifs (C(OH)–C–C–N with tert-alkyl or cyclic N) is 1. The summed E-state index contributed by atoms with van der Waals surface area (Å²) in [6.45, 7) is 2.86. The van der Waals surface area contributed by atoms with Crippen LogP contribution in [0.3, 0.4) is 0 Å². The first kappa shape index (κ1) is 21.7. The van der Waals surface area contributed by atoms with Crippen LogP contribution in [0.2, 0.25) is 10.0 Å². The molecule has 4 nitrogen and oxygen atoms in total. The highest BCUT2D eigenvalue weighted by Crippen LogP contribution is 2.35. The Bertz CT molecular complexity index is 1080. The maximum absolute atomic E-state index is 12.7. The van der Waals surface area contributed by atoms with Crippen molar-refractivity contribution in [2.24, 2.45) is 0 Å². The molecule has 1 N–H and O–H groups in total. The summed E-state index contributed by atoms with van der Waals surface area (Å²) in [5, 5.41) is 11.0. The zero-order valence-electron chi connectivity index (χ0n) is 17.1. The molecular formula is C25H23Cl2NO3. The zero-order valence-corrected chi connectivity index (χ0v) is 18.6. The van der Waals surface area contributed by atoms with E-state index in [0.29, 0.717) is 40.9 Å². The van der Waals surface area contributed by atoms with Crippen molar-refractivity contribution in [1.82, 2.24) is 4.90 Å². The van der Waals surface area contributed by atoms with Crippen LogP contribution in [0.4, 0.5) is 0 Å². The summed E-state index contributed by atoms with van der Waals surface area (Å²) in [5.74, 6) is 0.587. The van der Waals surface area contributed by atoms with E-state index in [2.05, 4.69) is 0 Å². The Morgan fingerprint density at radius 2 is 1.84 bits per heavy atom. The molecule has 0 aliphatic carbocycles. The number of amides is 1. The van der Waals surface area contributed by atoms with Gasteiger partial charge in [-0.3, -0.25) is 4.79 Å². The van der Waals surface area contributed by atoms with Gasteiger partial charge >= 0.3 is 0 Å². The molecule has 2 unspecified atom stereocenters. The van der Waals surface area contributed by atoms with Crippen LogP contribution in [0.25, 0.3) is 0 Å². The summed E-state index contributed by atoms with van der Waals surface area (Å²) in [6, 6.07) is 20.5. The molecule has 3 aromatic rings. The fraction of sp³-hybridized carbons (Fsp3) is 0.240. The molecule has 2 atom stereocenters. The second-order valence-electron chi connectivity index (χ2n) is 7.74. The highest BCUT2D eigenvalue weighted by molar-refractivity contribution is 6.31. The predicted molar refractivity (Wildman–Crippen MR) is 123 cm³/mol. The van der Waals surface area contributed by atoms with Gasteiger partial charge in [0.15, 0.2) is 6.10 Å². The molecule has 160 valence electrons. The second-order valence-corrected chi connectivity index (χ2v) is 8.59. The number of rotatable bonds is 5. The van der Waals surface area contributed by atoms with Gasteiger partial charge in [0.25, 0.3) is 5.91 Å². The Labute approximate surface area is 192 Å². The lowest BCUT2D eigenvalue weighted by Crippen LogP contribution is -2.29. The van der Waals surface area contributed by atoms with E-state index < -0.39 is 12.2 Å². The molecule has 31 heavy (non-hydrogen) atoms. The minimum Gasteiger partial charge on any atom is -0.481 e. The normalized spacial score (nSPS) is 16.9. The van der Waals surface area contributed by atoms with E-state index in [-0.39, 0.29) is 5.91 Å². The number of benzene rings is 3. The lowest BCUT2D eigenvalue weighted by atomic mass is 10.0. The van der Waals surface area contributed by atoms with Gasteiger partial charge in [0.05, 0.1) is 6.10 Å². The third-order valence-electron chi connectivity index (χ3n) is 5.48. The quantitative estimate of drug-likeness (QED) is 0.538. The Hall–Kier alpha value is -2.53. The standard InChI is InChI=1S/C25H23Cl2NO3/c1-16-14-18(25(30)28-13-12-20(29)15-28)8-11-23(16)31-24(17-6-9-19(26)10-7-17)21-4-2-3-5-22(21)27/h2-11,14,20,24,29H,12-13,15H2,1H3. The van der Waals surface area contributed by atoms with E-state index in [1.165, 1.54) is 0 Å². The number of ether oxygens (including phenoxy) is 1.